The normalized spacial score (nSPS) is 35.9. The van der Waals surface area contributed by atoms with Gasteiger partial charge in [-0.1, -0.05) is 12.8 Å². The van der Waals surface area contributed by atoms with Crippen LogP contribution in [0, 0.1) is 0 Å². The zero-order valence-electron chi connectivity index (χ0n) is 16.0. The molecule has 0 aromatic carbocycles. The Labute approximate surface area is 160 Å². The van der Waals surface area contributed by atoms with Crippen LogP contribution in [-0.4, -0.2) is 50.8 Å². The number of hydrogen-bond acceptors (Lipinski definition) is 6. The molecule has 2 saturated carbocycles. The van der Waals surface area contributed by atoms with E-state index in [0.29, 0.717) is 18.4 Å². The SMILES string of the molecule is C[C@]1(O)CCC[C@@H]1Nc1ncc2c(n1)N(C1CCCC1)C1(CCNC1=O)C2. The number of carbonyl (C=O) groups excluding carboxylic acids is 1. The van der Waals surface area contributed by atoms with Gasteiger partial charge in [0.2, 0.25) is 11.9 Å². The van der Waals surface area contributed by atoms with Gasteiger partial charge in [0.15, 0.2) is 0 Å². The molecule has 0 radical (unpaired) electrons. The second kappa shape index (κ2) is 6.06. The van der Waals surface area contributed by atoms with Crippen molar-refractivity contribution in [2.75, 3.05) is 16.8 Å². The number of anilines is 2. The Kier molecular flexibility index (Phi) is 3.86. The van der Waals surface area contributed by atoms with Crippen LogP contribution in [0.15, 0.2) is 6.20 Å². The summed E-state index contributed by atoms with van der Waals surface area (Å²) in [5.41, 5.74) is -0.133. The van der Waals surface area contributed by atoms with E-state index in [-0.39, 0.29) is 11.9 Å². The first kappa shape index (κ1) is 17.2. The Morgan fingerprint density at radius 2 is 2.07 bits per heavy atom. The molecule has 7 heteroatoms. The van der Waals surface area contributed by atoms with Gasteiger partial charge in [0.25, 0.3) is 0 Å². The standard InChI is InChI=1S/C20H29N5O2/c1-19(27)8-4-7-15(19)23-18-22-12-13-11-20(9-10-21-17(20)26)25(16(13)24-18)14-5-2-3-6-14/h12,14-15,27H,2-11H2,1H3,(H,21,26)(H,22,23,24)/t15-,19-,20?/m0/s1. The third kappa shape index (κ3) is 2.62. The zero-order chi connectivity index (χ0) is 18.6. The van der Waals surface area contributed by atoms with E-state index in [2.05, 4.69) is 20.5 Å². The summed E-state index contributed by atoms with van der Waals surface area (Å²) in [5, 5.41) is 17.0. The van der Waals surface area contributed by atoms with Gasteiger partial charge in [-0.05, 0) is 45.4 Å². The van der Waals surface area contributed by atoms with Crippen molar-refractivity contribution in [3.8, 4) is 0 Å². The number of rotatable bonds is 3. The maximum atomic E-state index is 12.8. The van der Waals surface area contributed by atoms with Gasteiger partial charge in [-0.3, -0.25) is 4.79 Å². The summed E-state index contributed by atoms with van der Waals surface area (Å²) in [6.45, 7) is 2.62. The van der Waals surface area contributed by atoms with E-state index in [1.165, 1.54) is 12.8 Å². The first-order valence-electron chi connectivity index (χ1n) is 10.4. The molecule has 146 valence electrons. The number of fused-ring (bicyclic) bond motifs is 1. The van der Waals surface area contributed by atoms with Crippen LogP contribution in [0.4, 0.5) is 11.8 Å². The van der Waals surface area contributed by atoms with Crippen molar-refractivity contribution in [2.24, 2.45) is 0 Å². The van der Waals surface area contributed by atoms with Crippen LogP contribution in [0.25, 0.3) is 0 Å². The number of nitrogens with one attached hydrogen (secondary N) is 2. The second-order valence-corrected chi connectivity index (χ2v) is 9.01. The minimum atomic E-state index is -0.722. The third-order valence-electron chi connectivity index (χ3n) is 7.18. The number of aromatic nitrogens is 2. The van der Waals surface area contributed by atoms with Gasteiger partial charge >= 0.3 is 0 Å². The summed E-state index contributed by atoms with van der Waals surface area (Å²) in [7, 11) is 0. The van der Waals surface area contributed by atoms with E-state index in [1.807, 2.05) is 13.1 Å². The second-order valence-electron chi connectivity index (χ2n) is 9.01. The van der Waals surface area contributed by atoms with E-state index >= 15 is 0 Å². The molecule has 1 aromatic rings. The zero-order valence-corrected chi connectivity index (χ0v) is 16.0. The lowest BCUT2D eigenvalue weighted by Crippen LogP contribution is -2.56. The summed E-state index contributed by atoms with van der Waals surface area (Å²) in [4.78, 5) is 24.6. The van der Waals surface area contributed by atoms with Gasteiger partial charge in [0.1, 0.15) is 11.4 Å². The molecule has 1 amide bonds. The molecule has 1 saturated heterocycles. The van der Waals surface area contributed by atoms with Gasteiger partial charge in [0, 0.05) is 30.8 Å². The number of nitrogens with zero attached hydrogens (tertiary/aromatic N) is 3. The van der Waals surface area contributed by atoms with Crippen molar-refractivity contribution in [3.63, 3.8) is 0 Å². The highest BCUT2D eigenvalue weighted by Gasteiger charge is 2.55. The molecule has 3 heterocycles. The molecule has 3 N–H and O–H groups in total. The fourth-order valence-electron chi connectivity index (χ4n) is 5.68. The highest BCUT2D eigenvalue weighted by atomic mass is 16.3. The highest BCUT2D eigenvalue weighted by molar-refractivity contribution is 5.94. The van der Waals surface area contributed by atoms with Crippen LogP contribution in [0.3, 0.4) is 0 Å². The van der Waals surface area contributed by atoms with Crippen molar-refractivity contribution < 1.29 is 9.90 Å². The molecule has 7 nitrogen and oxygen atoms in total. The van der Waals surface area contributed by atoms with Crippen LogP contribution < -0.4 is 15.5 Å². The maximum Gasteiger partial charge on any atom is 0.246 e. The first-order valence-corrected chi connectivity index (χ1v) is 10.4. The van der Waals surface area contributed by atoms with Gasteiger partial charge in [0.05, 0.1) is 11.6 Å². The summed E-state index contributed by atoms with van der Waals surface area (Å²) >= 11 is 0. The molecule has 1 aromatic heterocycles. The Morgan fingerprint density at radius 1 is 1.26 bits per heavy atom. The molecule has 1 unspecified atom stereocenters. The highest BCUT2D eigenvalue weighted by Crippen LogP contribution is 2.46. The molecule has 4 aliphatic rings. The Balaban J connectivity index is 1.49. The van der Waals surface area contributed by atoms with Crippen LogP contribution in [0.5, 0.6) is 0 Å². The lowest BCUT2D eigenvalue weighted by molar-refractivity contribution is -0.123. The molecule has 0 bridgehead atoms. The molecule has 2 aliphatic heterocycles. The molecule has 3 atom stereocenters. The molecular formula is C20H29N5O2. The largest absolute Gasteiger partial charge is 0.388 e. The molecule has 3 fully saturated rings. The molecule has 27 heavy (non-hydrogen) atoms. The average molecular weight is 371 g/mol. The lowest BCUT2D eigenvalue weighted by atomic mass is 9.91. The topological polar surface area (TPSA) is 90.4 Å². The molecular weight excluding hydrogens is 342 g/mol. The van der Waals surface area contributed by atoms with Gasteiger partial charge in [-0.25, -0.2) is 4.98 Å². The van der Waals surface area contributed by atoms with E-state index in [0.717, 1.165) is 56.5 Å². The Hall–Kier alpha value is -1.89. The number of carbonyl (C=O) groups is 1. The lowest BCUT2D eigenvalue weighted by Gasteiger charge is -2.38. The van der Waals surface area contributed by atoms with Crippen LogP contribution >= 0.6 is 0 Å². The molecule has 1 spiro atoms. The molecule has 5 rings (SSSR count). The fourth-order valence-corrected chi connectivity index (χ4v) is 5.68. The Bertz CT molecular complexity index is 761. The average Bonchev–Trinajstić information content (AvgIpc) is 3.38. The van der Waals surface area contributed by atoms with Crippen molar-refractivity contribution >= 4 is 17.7 Å². The van der Waals surface area contributed by atoms with E-state index in [9.17, 15) is 9.90 Å². The van der Waals surface area contributed by atoms with Crippen LogP contribution in [-0.2, 0) is 11.2 Å². The predicted molar refractivity (Wildman–Crippen MR) is 103 cm³/mol. The monoisotopic (exact) mass is 371 g/mol. The van der Waals surface area contributed by atoms with E-state index in [4.69, 9.17) is 4.98 Å². The summed E-state index contributed by atoms with van der Waals surface area (Å²) < 4.78 is 0. The number of amides is 1. The maximum absolute atomic E-state index is 12.8. The van der Waals surface area contributed by atoms with E-state index in [1.54, 1.807) is 0 Å². The van der Waals surface area contributed by atoms with E-state index < -0.39 is 11.1 Å². The minimum absolute atomic E-state index is 0.0272. The van der Waals surface area contributed by atoms with Gasteiger partial charge in [-0.15, -0.1) is 0 Å². The van der Waals surface area contributed by atoms with Crippen molar-refractivity contribution in [3.05, 3.63) is 11.8 Å². The van der Waals surface area contributed by atoms with Crippen molar-refractivity contribution in [1.29, 1.82) is 0 Å². The summed E-state index contributed by atoms with van der Waals surface area (Å²) in [6, 6.07) is 0.355. The summed E-state index contributed by atoms with van der Waals surface area (Å²) in [5.74, 6) is 1.63. The number of aliphatic hydroxyl groups is 1. The fraction of sp³-hybridized carbons (Fsp3) is 0.750. The van der Waals surface area contributed by atoms with Crippen molar-refractivity contribution in [2.45, 2.75) is 87.9 Å². The van der Waals surface area contributed by atoms with Gasteiger partial charge in [-0.2, -0.15) is 4.98 Å². The number of hydrogen-bond donors (Lipinski definition) is 3. The molecule has 2 aliphatic carbocycles. The smallest absolute Gasteiger partial charge is 0.246 e. The quantitative estimate of drug-likeness (QED) is 0.750. The van der Waals surface area contributed by atoms with Crippen LogP contribution in [0.2, 0.25) is 0 Å². The first-order chi connectivity index (χ1) is 13.0. The minimum Gasteiger partial charge on any atom is -0.388 e. The third-order valence-corrected chi connectivity index (χ3v) is 7.18. The predicted octanol–water partition coefficient (Wildman–Crippen LogP) is 1.76. The summed E-state index contributed by atoms with van der Waals surface area (Å²) in [6.07, 6.45) is 10.8. The van der Waals surface area contributed by atoms with Gasteiger partial charge < -0.3 is 20.6 Å². The van der Waals surface area contributed by atoms with Crippen molar-refractivity contribution in [1.82, 2.24) is 15.3 Å². The Morgan fingerprint density at radius 3 is 2.74 bits per heavy atom. The van der Waals surface area contributed by atoms with Crippen LogP contribution in [0.1, 0.15) is 63.9 Å².